The van der Waals surface area contributed by atoms with Crippen molar-refractivity contribution >= 4 is 22.7 Å². The number of rotatable bonds is 6. The van der Waals surface area contributed by atoms with Crippen LogP contribution in [0.4, 0.5) is 5.69 Å². The van der Waals surface area contributed by atoms with Gasteiger partial charge in [0, 0.05) is 23.6 Å². The van der Waals surface area contributed by atoms with Gasteiger partial charge in [0.05, 0.1) is 12.2 Å². The fraction of sp³-hybridized carbons (Fsp3) is 0.174. The minimum absolute atomic E-state index is 0.198. The Kier molecular flexibility index (Phi) is 5.24. The van der Waals surface area contributed by atoms with Crippen LogP contribution in [-0.2, 0) is 0 Å². The zero-order valence-corrected chi connectivity index (χ0v) is 16.3. The minimum atomic E-state index is -0.198. The van der Waals surface area contributed by atoms with Crippen molar-refractivity contribution in [2.24, 2.45) is 5.92 Å². The van der Waals surface area contributed by atoms with E-state index in [9.17, 15) is 4.79 Å². The fourth-order valence-corrected chi connectivity index (χ4v) is 2.79. The maximum Gasteiger partial charge on any atom is 0.255 e. The lowest BCUT2D eigenvalue weighted by atomic mass is 10.2. The maximum absolute atomic E-state index is 12.6. The van der Waals surface area contributed by atoms with Gasteiger partial charge in [-0.25, -0.2) is 4.98 Å². The second kappa shape index (κ2) is 8.14. The number of oxazole rings is 1. The molecule has 0 aliphatic rings. The molecule has 2 aromatic carbocycles. The van der Waals surface area contributed by atoms with Crippen LogP contribution in [0.25, 0.3) is 22.6 Å². The summed E-state index contributed by atoms with van der Waals surface area (Å²) in [4.78, 5) is 21.1. The van der Waals surface area contributed by atoms with Gasteiger partial charge in [-0.3, -0.25) is 9.78 Å². The number of fused-ring (bicyclic) bond motifs is 1. The Balaban J connectivity index is 1.48. The summed E-state index contributed by atoms with van der Waals surface area (Å²) in [5.41, 5.74) is 3.31. The Hall–Kier alpha value is -3.67. The summed E-state index contributed by atoms with van der Waals surface area (Å²) in [5.74, 6) is 1.49. The third-order valence-electron chi connectivity index (χ3n) is 4.25. The number of amides is 1. The number of hydrogen-bond acceptors (Lipinski definition) is 5. The Morgan fingerprint density at radius 1 is 1.14 bits per heavy atom. The van der Waals surface area contributed by atoms with Gasteiger partial charge in [-0.1, -0.05) is 13.8 Å². The molecule has 4 aromatic rings. The van der Waals surface area contributed by atoms with Crippen molar-refractivity contribution in [3.63, 3.8) is 0 Å². The van der Waals surface area contributed by atoms with E-state index in [-0.39, 0.29) is 5.91 Å². The van der Waals surface area contributed by atoms with E-state index in [4.69, 9.17) is 9.15 Å². The number of aromatic nitrogens is 2. The van der Waals surface area contributed by atoms with Crippen LogP contribution >= 0.6 is 0 Å². The molecule has 29 heavy (non-hydrogen) atoms. The first-order valence-electron chi connectivity index (χ1n) is 9.44. The van der Waals surface area contributed by atoms with Crippen molar-refractivity contribution in [3.05, 3.63) is 72.6 Å². The Bertz CT molecular complexity index is 1120. The summed E-state index contributed by atoms with van der Waals surface area (Å²) in [6, 6.07) is 16.2. The van der Waals surface area contributed by atoms with E-state index in [1.165, 1.54) is 0 Å². The van der Waals surface area contributed by atoms with E-state index in [1.807, 2.05) is 12.1 Å². The SMILES string of the molecule is CC(C)COc1ccc(C(=O)Nc2ccc3oc(-c4cccnc4)nc3c2)cc1. The van der Waals surface area contributed by atoms with Gasteiger partial charge >= 0.3 is 0 Å². The fourth-order valence-electron chi connectivity index (χ4n) is 2.79. The van der Waals surface area contributed by atoms with Gasteiger partial charge in [-0.2, -0.15) is 0 Å². The highest BCUT2D eigenvalue weighted by Gasteiger charge is 2.11. The molecular weight excluding hydrogens is 366 g/mol. The van der Waals surface area contributed by atoms with Crippen molar-refractivity contribution < 1.29 is 13.9 Å². The van der Waals surface area contributed by atoms with E-state index in [1.54, 1.807) is 54.9 Å². The monoisotopic (exact) mass is 387 g/mol. The first-order valence-corrected chi connectivity index (χ1v) is 9.44. The predicted molar refractivity (Wildman–Crippen MR) is 112 cm³/mol. The van der Waals surface area contributed by atoms with Gasteiger partial charge in [0.25, 0.3) is 5.91 Å². The third-order valence-corrected chi connectivity index (χ3v) is 4.25. The number of nitrogens with zero attached hydrogens (tertiary/aromatic N) is 2. The number of hydrogen-bond donors (Lipinski definition) is 1. The van der Waals surface area contributed by atoms with E-state index in [0.717, 1.165) is 11.3 Å². The van der Waals surface area contributed by atoms with Gasteiger partial charge in [-0.15, -0.1) is 0 Å². The summed E-state index contributed by atoms with van der Waals surface area (Å²) < 4.78 is 11.4. The first kappa shape index (κ1) is 18.7. The van der Waals surface area contributed by atoms with Crippen LogP contribution in [0.2, 0.25) is 0 Å². The number of pyridine rings is 1. The Morgan fingerprint density at radius 2 is 1.97 bits per heavy atom. The molecule has 0 saturated heterocycles. The third kappa shape index (κ3) is 4.43. The second-order valence-corrected chi connectivity index (χ2v) is 7.13. The van der Waals surface area contributed by atoms with Crippen LogP contribution in [0.5, 0.6) is 5.75 Å². The van der Waals surface area contributed by atoms with E-state index in [0.29, 0.717) is 40.8 Å². The van der Waals surface area contributed by atoms with Crippen LogP contribution in [0.15, 0.2) is 71.4 Å². The van der Waals surface area contributed by atoms with E-state index >= 15 is 0 Å². The molecule has 0 radical (unpaired) electrons. The molecule has 0 atom stereocenters. The van der Waals surface area contributed by atoms with Crippen LogP contribution < -0.4 is 10.1 Å². The molecule has 2 aromatic heterocycles. The summed E-state index contributed by atoms with van der Waals surface area (Å²) in [6.07, 6.45) is 3.39. The number of anilines is 1. The van der Waals surface area contributed by atoms with Crippen molar-refractivity contribution in [1.29, 1.82) is 0 Å². The largest absolute Gasteiger partial charge is 0.493 e. The molecule has 1 N–H and O–H groups in total. The molecule has 0 spiro atoms. The van der Waals surface area contributed by atoms with Crippen LogP contribution in [0.1, 0.15) is 24.2 Å². The highest BCUT2D eigenvalue weighted by molar-refractivity contribution is 6.05. The predicted octanol–water partition coefficient (Wildman–Crippen LogP) is 5.18. The van der Waals surface area contributed by atoms with Gasteiger partial charge in [0.2, 0.25) is 5.89 Å². The highest BCUT2D eigenvalue weighted by Crippen LogP contribution is 2.26. The molecule has 0 bridgehead atoms. The number of carbonyl (C=O) groups is 1. The zero-order valence-electron chi connectivity index (χ0n) is 16.3. The smallest absolute Gasteiger partial charge is 0.255 e. The standard InChI is InChI=1S/C23H21N3O3/c1-15(2)14-28-19-8-5-16(6-9-19)22(27)25-18-7-10-21-20(12-18)26-23(29-21)17-4-3-11-24-13-17/h3-13,15H,14H2,1-2H3,(H,25,27). The second-order valence-electron chi connectivity index (χ2n) is 7.13. The van der Waals surface area contributed by atoms with Gasteiger partial charge in [0.1, 0.15) is 11.3 Å². The van der Waals surface area contributed by atoms with Gasteiger partial charge in [-0.05, 0) is 60.5 Å². The molecule has 0 saturated carbocycles. The molecule has 6 nitrogen and oxygen atoms in total. The molecule has 2 heterocycles. The van der Waals surface area contributed by atoms with Crippen molar-refractivity contribution in [1.82, 2.24) is 9.97 Å². The summed E-state index contributed by atoms with van der Waals surface area (Å²) in [7, 11) is 0. The molecule has 0 aliphatic carbocycles. The van der Waals surface area contributed by atoms with Gasteiger partial charge in [0.15, 0.2) is 5.58 Å². The Morgan fingerprint density at radius 3 is 2.69 bits per heavy atom. The quantitative estimate of drug-likeness (QED) is 0.493. The molecular formula is C23H21N3O3. The summed E-state index contributed by atoms with van der Waals surface area (Å²) >= 11 is 0. The average molecular weight is 387 g/mol. The zero-order chi connectivity index (χ0) is 20.2. The molecule has 0 aliphatic heterocycles. The first-order chi connectivity index (χ1) is 14.1. The van der Waals surface area contributed by atoms with Crippen molar-refractivity contribution in [3.8, 4) is 17.2 Å². The lowest BCUT2D eigenvalue weighted by molar-refractivity contribution is 0.102. The normalized spacial score (nSPS) is 11.0. The lowest BCUT2D eigenvalue weighted by Gasteiger charge is -2.09. The van der Waals surface area contributed by atoms with E-state index < -0.39 is 0 Å². The summed E-state index contributed by atoms with van der Waals surface area (Å²) in [6.45, 7) is 4.82. The van der Waals surface area contributed by atoms with Crippen LogP contribution in [0.3, 0.4) is 0 Å². The molecule has 1 amide bonds. The molecule has 0 fully saturated rings. The van der Waals surface area contributed by atoms with Crippen molar-refractivity contribution in [2.45, 2.75) is 13.8 Å². The molecule has 146 valence electrons. The van der Waals surface area contributed by atoms with E-state index in [2.05, 4.69) is 29.1 Å². The molecule has 4 rings (SSSR count). The maximum atomic E-state index is 12.6. The topological polar surface area (TPSA) is 77.2 Å². The number of nitrogens with one attached hydrogen (secondary N) is 1. The average Bonchev–Trinajstić information content (AvgIpc) is 3.17. The van der Waals surface area contributed by atoms with Crippen LogP contribution in [-0.4, -0.2) is 22.5 Å². The summed E-state index contributed by atoms with van der Waals surface area (Å²) in [5, 5.41) is 2.90. The van der Waals surface area contributed by atoms with Crippen molar-refractivity contribution in [2.75, 3.05) is 11.9 Å². The highest BCUT2D eigenvalue weighted by atomic mass is 16.5. The van der Waals surface area contributed by atoms with Gasteiger partial charge < -0.3 is 14.5 Å². The number of ether oxygens (including phenoxy) is 1. The minimum Gasteiger partial charge on any atom is -0.493 e. The Labute approximate surface area is 168 Å². The number of benzene rings is 2. The van der Waals surface area contributed by atoms with Crippen LogP contribution in [0, 0.1) is 5.92 Å². The lowest BCUT2D eigenvalue weighted by Crippen LogP contribution is -2.12. The molecule has 0 unspecified atom stereocenters. The number of carbonyl (C=O) groups excluding carboxylic acids is 1. The molecule has 6 heteroatoms.